The van der Waals surface area contributed by atoms with Gasteiger partial charge in [-0.05, 0) is 18.2 Å². The predicted molar refractivity (Wildman–Crippen MR) is 67.4 cm³/mol. The maximum absolute atomic E-state index is 13.6. The molecule has 21 heavy (non-hydrogen) atoms. The number of hydrogen-bond acceptors (Lipinski definition) is 3. The van der Waals surface area contributed by atoms with E-state index in [0.29, 0.717) is 12.1 Å². The molecule has 0 unspecified atom stereocenters. The molecule has 2 aromatic carbocycles. The molecular weight excluding hydrogens is 289 g/mol. The number of hydrogen-bond donors (Lipinski definition) is 1. The lowest BCUT2D eigenvalue weighted by molar-refractivity contribution is -0.384. The highest BCUT2D eigenvalue weighted by Crippen LogP contribution is 2.29. The minimum Gasteiger partial charge on any atom is -0.314 e. The number of anilines is 1. The summed E-state index contributed by atoms with van der Waals surface area (Å²) in [6.45, 7) is 0. The Morgan fingerprint density at radius 1 is 1.05 bits per heavy atom. The zero-order valence-corrected chi connectivity index (χ0v) is 10.3. The summed E-state index contributed by atoms with van der Waals surface area (Å²) in [5, 5.41) is 12.6. The molecule has 0 fully saturated rings. The Morgan fingerprint density at radius 3 is 2.33 bits per heavy atom. The molecule has 0 bridgehead atoms. The first-order valence-corrected chi connectivity index (χ1v) is 5.60. The molecule has 108 valence electrons. The van der Waals surface area contributed by atoms with Crippen molar-refractivity contribution in [2.24, 2.45) is 0 Å². The molecule has 0 aromatic heterocycles. The zero-order valence-electron chi connectivity index (χ0n) is 10.3. The van der Waals surface area contributed by atoms with E-state index >= 15 is 0 Å². The van der Waals surface area contributed by atoms with Gasteiger partial charge in [0.2, 0.25) is 0 Å². The van der Waals surface area contributed by atoms with E-state index in [9.17, 15) is 28.1 Å². The quantitative estimate of drug-likeness (QED) is 0.698. The summed E-state index contributed by atoms with van der Waals surface area (Å²) >= 11 is 0. The van der Waals surface area contributed by atoms with Gasteiger partial charge in [0, 0.05) is 6.07 Å². The van der Waals surface area contributed by atoms with Crippen LogP contribution >= 0.6 is 0 Å². The minimum atomic E-state index is -1.59. The van der Waals surface area contributed by atoms with Crippen LogP contribution in [0.5, 0.6) is 0 Å². The largest absolute Gasteiger partial charge is 0.314 e. The van der Waals surface area contributed by atoms with E-state index in [1.165, 1.54) is 12.1 Å². The van der Waals surface area contributed by atoms with Crippen LogP contribution in [0.15, 0.2) is 36.4 Å². The predicted octanol–water partition coefficient (Wildman–Crippen LogP) is 3.26. The van der Waals surface area contributed by atoms with E-state index in [1.807, 2.05) is 5.32 Å². The maximum atomic E-state index is 13.6. The van der Waals surface area contributed by atoms with Crippen molar-refractivity contribution in [1.82, 2.24) is 0 Å². The summed E-state index contributed by atoms with van der Waals surface area (Å²) < 4.78 is 40.2. The third-order valence-corrected chi connectivity index (χ3v) is 2.63. The van der Waals surface area contributed by atoms with Crippen LogP contribution in [-0.2, 0) is 0 Å². The summed E-state index contributed by atoms with van der Waals surface area (Å²) in [5.41, 5.74) is -2.23. The molecule has 0 spiro atoms. The molecule has 0 atom stereocenters. The number of nitrogens with zero attached hydrogens (tertiary/aromatic N) is 1. The topological polar surface area (TPSA) is 72.2 Å². The highest BCUT2D eigenvalue weighted by Gasteiger charge is 2.24. The van der Waals surface area contributed by atoms with Gasteiger partial charge in [0.25, 0.3) is 11.6 Å². The van der Waals surface area contributed by atoms with E-state index < -0.39 is 45.2 Å². The van der Waals surface area contributed by atoms with E-state index in [1.54, 1.807) is 0 Å². The van der Waals surface area contributed by atoms with Gasteiger partial charge in [-0.2, -0.15) is 0 Å². The molecule has 0 aliphatic heterocycles. The Hall–Kier alpha value is -2.90. The van der Waals surface area contributed by atoms with Gasteiger partial charge in [-0.3, -0.25) is 14.9 Å². The number of benzene rings is 2. The molecule has 2 rings (SSSR count). The zero-order chi connectivity index (χ0) is 15.6. The molecule has 0 aliphatic carbocycles. The third-order valence-electron chi connectivity index (χ3n) is 2.63. The Balaban J connectivity index is 2.44. The molecule has 2 aromatic rings. The van der Waals surface area contributed by atoms with E-state index in [2.05, 4.69) is 0 Å². The molecule has 0 saturated carbocycles. The first-order chi connectivity index (χ1) is 9.91. The van der Waals surface area contributed by atoms with Crippen LogP contribution in [-0.4, -0.2) is 10.8 Å². The number of halogens is 3. The smallest absolute Gasteiger partial charge is 0.296 e. The van der Waals surface area contributed by atoms with Crippen LogP contribution < -0.4 is 5.32 Å². The van der Waals surface area contributed by atoms with Crippen molar-refractivity contribution in [2.75, 3.05) is 5.32 Å². The molecule has 1 amide bonds. The van der Waals surface area contributed by atoms with E-state index in [-0.39, 0.29) is 0 Å². The lowest BCUT2D eigenvalue weighted by Gasteiger charge is -2.08. The van der Waals surface area contributed by atoms with Gasteiger partial charge in [-0.1, -0.05) is 12.1 Å². The van der Waals surface area contributed by atoms with Crippen molar-refractivity contribution in [1.29, 1.82) is 0 Å². The number of nitro groups is 1. The van der Waals surface area contributed by atoms with Crippen LogP contribution in [0.2, 0.25) is 0 Å². The lowest BCUT2D eigenvalue weighted by atomic mass is 10.2. The number of carbonyl (C=O) groups is 1. The summed E-state index contributed by atoms with van der Waals surface area (Å²) in [6.07, 6.45) is 0. The monoisotopic (exact) mass is 296 g/mol. The van der Waals surface area contributed by atoms with Crippen LogP contribution in [0, 0.1) is 27.6 Å². The first-order valence-electron chi connectivity index (χ1n) is 5.60. The SMILES string of the molecule is O=C(Nc1c([N+](=O)[O-])ccc(F)c1F)c1ccccc1F. The van der Waals surface area contributed by atoms with Gasteiger partial charge >= 0.3 is 0 Å². The number of carbonyl (C=O) groups excluding carboxylic acids is 1. The van der Waals surface area contributed by atoms with E-state index in [0.717, 1.165) is 12.1 Å². The molecule has 0 radical (unpaired) electrons. The second-order valence-corrected chi connectivity index (χ2v) is 3.95. The van der Waals surface area contributed by atoms with Gasteiger partial charge in [0.05, 0.1) is 10.5 Å². The van der Waals surface area contributed by atoms with Gasteiger partial charge in [0.1, 0.15) is 5.82 Å². The Morgan fingerprint density at radius 2 is 1.71 bits per heavy atom. The standard InChI is InChI=1S/C13H7F3N2O3/c14-8-4-2-1-3-7(8)13(19)17-12-10(18(20)21)6-5-9(15)11(12)16/h1-6H,(H,17,19). The molecule has 5 nitrogen and oxygen atoms in total. The number of rotatable bonds is 3. The number of amides is 1. The molecule has 0 aliphatic rings. The Labute approximate surface area is 116 Å². The fourth-order valence-electron chi connectivity index (χ4n) is 1.64. The molecular formula is C13H7F3N2O3. The van der Waals surface area contributed by atoms with Crippen molar-refractivity contribution in [3.05, 3.63) is 69.5 Å². The van der Waals surface area contributed by atoms with Crippen molar-refractivity contribution in [3.8, 4) is 0 Å². The van der Waals surface area contributed by atoms with Gasteiger partial charge in [-0.25, -0.2) is 13.2 Å². The Bertz CT molecular complexity index is 735. The summed E-state index contributed by atoms with van der Waals surface area (Å²) in [5.74, 6) is -4.98. The second-order valence-electron chi connectivity index (χ2n) is 3.95. The highest BCUT2D eigenvalue weighted by atomic mass is 19.2. The average molecular weight is 296 g/mol. The van der Waals surface area contributed by atoms with Crippen molar-refractivity contribution in [3.63, 3.8) is 0 Å². The third kappa shape index (κ3) is 2.83. The molecule has 0 heterocycles. The fourth-order valence-corrected chi connectivity index (χ4v) is 1.64. The second kappa shape index (κ2) is 5.61. The van der Waals surface area contributed by atoms with Gasteiger partial charge in [0.15, 0.2) is 17.3 Å². The lowest BCUT2D eigenvalue weighted by Crippen LogP contribution is -2.16. The number of nitro benzene ring substituents is 1. The summed E-state index contributed by atoms with van der Waals surface area (Å²) in [7, 11) is 0. The van der Waals surface area contributed by atoms with E-state index in [4.69, 9.17) is 0 Å². The van der Waals surface area contributed by atoms with Crippen molar-refractivity contribution in [2.45, 2.75) is 0 Å². The van der Waals surface area contributed by atoms with Crippen LogP contribution in [0.1, 0.15) is 10.4 Å². The molecule has 1 N–H and O–H groups in total. The molecule has 0 saturated heterocycles. The van der Waals surface area contributed by atoms with Crippen molar-refractivity contribution >= 4 is 17.3 Å². The summed E-state index contributed by atoms with van der Waals surface area (Å²) in [6, 6.07) is 6.05. The highest BCUT2D eigenvalue weighted by molar-refractivity contribution is 6.05. The minimum absolute atomic E-state index is 0.449. The first kappa shape index (κ1) is 14.5. The number of nitrogens with one attached hydrogen (secondary N) is 1. The van der Waals surface area contributed by atoms with Crippen LogP contribution in [0.25, 0.3) is 0 Å². The fraction of sp³-hybridized carbons (Fsp3) is 0. The average Bonchev–Trinajstić information content (AvgIpc) is 2.44. The maximum Gasteiger partial charge on any atom is 0.296 e. The summed E-state index contributed by atoms with van der Waals surface area (Å²) in [4.78, 5) is 21.6. The Kier molecular flexibility index (Phi) is 3.88. The van der Waals surface area contributed by atoms with Gasteiger partial charge < -0.3 is 5.32 Å². The van der Waals surface area contributed by atoms with Gasteiger partial charge in [-0.15, -0.1) is 0 Å². The van der Waals surface area contributed by atoms with Crippen LogP contribution in [0.3, 0.4) is 0 Å². The van der Waals surface area contributed by atoms with Crippen molar-refractivity contribution < 1.29 is 22.9 Å². The normalized spacial score (nSPS) is 10.2. The molecule has 8 heteroatoms. The van der Waals surface area contributed by atoms with Crippen LogP contribution in [0.4, 0.5) is 24.5 Å².